The Morgan fingerprint density at radius 1 is 1.28 bits per heavy atom. The van der Waals surface area contributed by atoms with E-state index in [4.69, 9.17) is 5.73 Å². The second kappa shape index (κ2) is 9.34. The van der Waals surface area contributed by atoms with Crippen molar-refractivity contribution in [2.24, 2.45) is 5.73 Å². The summed E-state index contributed by atoms with van der Waals surface area (Å²) in [5.74, 6) is 0.0123. The fourth-order valence-electron chi connectivity index (χ4n) is 2.38. The third-order valence-corrected chi connectivity index (χ3v) is 3.63. The summed E-state index contributed by atoms with van der Waals surface area (Å²) in [6, 6.07) is -0.325. The number of nitrogens with two attached hydrogens (primary N) is 1. The number of nitrogens with zero attached hydrogens (tertiary/aromatic N) is 1. The average molecular weight is 255 g/mol. The molecule has 1 aliphatic rings. The van der Waals surface area contributed by atoms with E-state index in [9.17, 15) is 4.79 Å². The zero-order chi connectivity index (χ0) is 13.2. The first-order valence-corrected chi connectivity index (χ1v) is 7.49. The van der Waals surface area contributed by atoms with Crippen LogP contribution in [0.3, 0.4) is 0 Å². The second-order valence-electron chi connectivity index (χ2n) is 5.30. The minimum atomic E-state index is -0.325. The van der Waals surface area contributed by atoms with E-state index < -0.39 is 0 Å². The number of unbranched alkanes of at least 4 members (excludes halogenated alkanes) is 1. The van der Waals surface area contributed by atoms with Gasteiger partial charge in [0.1, 0.15) is 0 Å². The topological polar surface area (TPSA) is 58.4 Å². The van der Waals surface area contributed by atoms with Crippen molar-refractivity contribution in [3.05, 3.63) is 0 Å². The fraction of sp³-hybridized carbons (Fsp3) is 0.929. The van der Waals surface area contributed by atoms with E-state index in [-0.39, 0.29) is 11.9 Å². The molecule has 0 aliphatic carbocycles. The molecule has 4 nitrogen and oxygen atoms in total. The molecule has 0 radical (unpaired) electrons. The summed E-state index contributed by atoms with van der Waals surface area (Å²) in [6.07, 6.45) is 8.21. The number of hydrogen-bond acceptors (Lipinski definition) is 3. The maximum absolute atomic E-state index is 11.7. The van der Waals surface area contributed by atoms with Gasteiger partial charge in [0.15, 0.2) is 0 Å². The van der Waals surface area contributed by atoms with Crippen LogP contribution < -0.4 is 11.1 Å². The average Bonchev–Trinajstić information content (AvgIpc) is 2.64. The van der Waals surface area contributed by atoms with Gasteiger partial charge in [-0.2, -0.15) is 0 Å². The molecule has 3 N–H and O–H groups in total. The van der Waals surface area contributed by atoms with Gasteiger partial charge in [-0.3, -0.25) is 4.79 Å². The van der Waals surface area contributed by atoms with Crippen LogP contribution in [0.2, 0.25) is 0 Å². The van der Waals surface area contributed by atoms with Crippen LogP contribution in [-0.4, -0.2) is 43.0 Å². The van der Waals surface area contributed by atoms with Crippen molar-refractivity contribution in [3.8, 4) is 0 Å². The van der Waals surface area contributed by atoms with Crippen LogP contribution >= 0.6 is 0 Å². The number of rotatable bonds is 7. The smallest absolute Gasteiger partial charge is 0.236 e. The van der Waals surface area contributed by atoms with Crippen molar-refractivity contribution in [2.75, 3.05) is 26.2 Å². The molecule has 0 saturated carbocycles. The van der Waals surface area contributed by atoms with Crippen LogP contribution in [0.4, 0.5) is 0 Å². The highest BCUT2D eigenvalue weighted by molar-refractivity contribution is 5.81. The van der Waals surface area contributed by atoms with Gasteiger partial charge in [0.2, 0.25) is 5.91 Å². The lowest BCUT2D eigenvalue weighted by atomic mass is 10.1. The van der Waals surface area contributed by atoms with E-state index in [0.29, 0.717) is 0 Å². The van der Waals surface area contributed by atoms with Gasteiger partial charge < -0.3 is 16.0 Å². The summed E-state index contributed by atoms with van der Waals surface area (Å²) in [7, 11) is 0. The molecule has 1 aliphatic heterocycles. The lowest BCUT2D eigenvalue weighted by Gasteiger charge is -2.20. The van der Waals surface area contributed by atoms with Gasteiger partial charge in [0.25, 0.3) is 0 Å². The molecule has 1 rings (SSSR count). The zero-order valence-corrected chi connectivity index (χ0v) is 11.8. The van der Waals surface area contributed by atoms with Gasteiger partial charge in [-0.1, -0.05) is 32.6 Å². The highest BCUT2D eigenvalue weighted by atomic mass is 16.2. The first kappa shape index (κ1) is 15.4. The van der Waals surface area contributed by atoms with Crippen molar-refractivity contribution < 1.29 is 4.79 Å². The van der Waals surface area contributed by atoms with Crippen molar-refractivity contribution in [2.45, 2.75) is 57.9 Å². The third-order valence-electron chi connectivity index (χ3n) is 3.63. The molecule has 0 aromatic carbocycles. The summed E-state index contributed by atoms with van der Waals surface area (Å²) in [5, 5.41) is 2.95. The van der Waals surface area contributed by atoms with Gasteiger partial charge >= 0.3 is 0 Å². The Morgan fingerprint density at radius 2 is 1.94 bits per heavy atom. The SMILES string of the molecule is CCCCC(N)C(=O)NCCN1CCCCCC1. The Labute approximate surface area is 111 Å². The lowest BCUT2D eigenvalue weighted by Crippen LogP contribution is -2.43. The molecular weight excluding hydrogens is 226 g/mol. The molecule has 18 heavy (non-hydrogen) atoms. The van der Waals surface area contributed by atoms with Gasteiger partial charge in [0, 0.05) is 13.1 Å². The first-order chi connectivity index (χ1) is 8.74. The van der Waals surface area contributed by atoms with Crippen LogP contribution in [-0.2, 0) is 4.79 Å². The Kier molecular flexibility index (Phi) is 8.01. The molecule has 0 aromatic rings. The monoisotopic (exact) mass is 255 g/mol. The van der Waals surface area contributed by atoms with Crippen LogP contribution in [0.25, 0.3) is 0 Å². The maximum Gasteiger partial charge on any atom is 0.236 e. The van der Waals surface area contributed by atoms with Crippen LogP contribution in [0.1, 0.15) is 51.9 Å². The van der Waals surface area contributed by atoms with Crippen LogP contribution in [0.15, 0.2) is 0 Å². The van der Waals surface area contributed by atoms with E-state index in [1.54, 1.807) is 0 Å². The Hall–Kier alpha value is -0.610. The van der Waals surface area contributed by atoms with Crippen molar-refractivity contribution in [1.29, 1.82) is 0 Å². The predicted molar refractivity (Wildman–Crippen MR) is 75.4 cm³/mol. The molecule has 4 heteroatoms. The van der Waals surface area contributed by atoms with E-state index in [2.05, 4.69) is 17.1 Å². The van der Waals surface area contributed by atoms with Gasteiger partial charge in [-0.15, -0.1) is 0 Å². The van der Waals surface area contributed by atoms with E-state index in [1.807, 2.05) is 0 Å². The lowest BCUT2D eigenvalue weighted by molar-refractivity contribution is -0.122. The van der Waals surface area contributed by atoms with Crippen LogP contribution in [0, 0.1) is 0 Å². The standard InChI is InChI=1S/C14H29N3O/c1-2-3-8-13(15)14(18)16-9-12-17-10-6-4-5-7-11-17/h13H,2-12,15H2,1H3,(H,16,18). The quantitative estimate of drug-likeness (QED) is 0.725. The van der Waals surface area contributed by atoms with Gasteiger partial charge in [-0.05, 0) is 32.4 Å². The predicted octanol–water partition coefficient (Wildman–Crippen LogP) is 1.50. The van der Waals surface area contributed by atoms with Gasteiger partial charge in [-0.25, -0.2) is 0 Å². The normalized spacial score (nSPS) is 19.2. The molecule has 106 valence electrons. The van der Waals surface area contributed by atoms with E-state index in [0.717, 1.165) is 32.4 Å². The Morgan fingerprint density at radius 3 is 2.56 bits per heavy atom. The van der Waals surface area contributed by atoms with Crippen molar-refractivity contribution in [1.82, 2.24) is 10.2 Å². The summed E-state index contributed by atoms with van der Waals surface area (Å²) >= 11 is 0. The molecule has 1 heterocycles. The minimum absolute atomic E-state index is 0.0123. The Balaban J connectivity index is 2.10. The number of carbonyl (C=O) groups is 1. The van der Waals surface area contributed by atoms with Crippen molar-refractivity contribution in [3.63, 3.8) is 0 Å². The van der Waals surface area contributed by atoms with Gasteiger partial charge in [0.05, 0.1) is 6.04 Å². The Bertz CT molecular complexity index is 225. The number of nitrogens with one attached hydrogen (secondary N) is 1. The number of hydrogen-bond donors (Lipinski definition) is 2. The summed E-state index contributed by atoms with van der Waals surface area (Å²) in [4.78, 5) is 14.2. The molecule has 0 aromatic heterocycles. The van der Waals surface area contributed by atoms with Crippen molar-refractivity contribution >= 4 is 5.91 Å². The first-order valence-electron chi connectivity index (χ1n) is 7.49. The molecular formula is C14H29N3O. The van der Waals surface area contributed by atoms with Crippen LogP contribution in [0.5, 0.6) is 0 Å². The number of amides is 1. The molecule has 1 unspecified atom stereocenters. The largest absolute Gasteiger partial charge is 0.353 e. The molecule has 1 atom stereocenters. The maximum atomic E-state index is 11.7. The molecule has 1 fully saturated rings. The fourth-order valence-corrected chi connectivity index (χ4v) is 2.38. The number of likely N-dealkylation sites (tertiary alicyclic amines) is 1. The molecule has 1 saturated heterocycles. The second-order valence-corrected chi connectivity index (χ2v) is 5.30. The number of carbonyl (C=O) groups excluding carboxylic acids is 1. The minimum Gasteiger partial charge on any atom is -0.353 e. The summed E-state index contributed by atoms with van der Waals surface area (Å²) in [6.45, 7) is 6.17. The molecule has 1 amide bonds. The highest BCUT2D eigenvalue weighted by Gasteiger charge is 2.13. The summed E-state index contributed by atoms with van der Waals surface area (Å²) in [5.41, 5.74) is 5.82. The van der Waals surface area contributed by atoms with E-state index in [1.165, 1.54) is 38.8 Å². The highest BCUT2D eigenvalue weighted by Crippen LogP contribution is 2.08. The summed E-state index contributed by atoms with van der Waals surface area (Å²) < 4.78 is 0. The molecule has 0 bridgehead atoms. The third kappa shape index (κ3) is 6.36. The van der Waals surface area contributed by atoms with E-state index >= 15 is 0 Å². The zero-order valence-electron chi connectivity index (χ0n) is 11.8. The molecule has 0 spiro atoms.